The first-order valence-corrected chi connectivity index (χ1v) is 25.8. The molecule has 374 valence electrons. The van der Waals surface area contributed by atoms with E-state index in [1.807, 2.05) is 0 Å². The third-order valence-electron chi connectivity index (χ3n) is 13.1. The third kappa shape index (κ3) is 24.5. The standard InChI is InChI=1S/C49H95NO13/c1-3-5-7-9-11-13-15-17-19-20-22-24-26-28-30-32-38(53)37(50-41(54)33-31-29-27-25-23-21-18-16-14-12-10-8-6-4-2)36-60-48-46(59)44(57)47(40(35-52)62-48)63-49-45(58)43(56)42(55)39(34-51)61-49/h37-40,42-49,51-53,55-59H,3-36H2,1-2H3,(H,50,54). The van der Waals surface area contributed by atoms with E-state index in [1.54, 1.807) is 0 Å². The summed E-state index contributed by atoms with van der Waals surface area (Å²) in [7, 11) is 0. The molecule has 12 unspecified atom stereocenters. The highest BCUT2D eigenvalue weighted by atomic mass is 16.7. The fourth-order valence-corrected chi connectivity index (χ4v) is 8.83. The molecule has 2 aliphatic heterocycles. The van der Waals surface area contributed by atoms with Gasteiger partial charge in [0.2, 0.25) is 5.91 Å². The molecule has 0 spiro atoms. The van der Waals surface area contributed by atoms with Gasteiger partial charge in [-0.25, -0.2) is 0 Å². The van der Waals surface area contributed by atoms with Crippen molar-refractivity contribution in [1.29, 1.82) is 0 Å². The smallest absolute Gasteiger partial charge is 0.220 e. The van der Waals surface area contributed by atoms with E-state index in [4.69, 9.17) is 18.9 Å². The Kier molecular flexibility index (Phi) is 34.2. The van der Waals surface area contributed by atoms with Crippen LogP contribution in [-0.2, 0) is 23.7 Å². The molecule has 0 radical (unpaired) electrons. The van der Waals surface area contributed by atoms with E-state index >= 15 is 0 Å². The van der Waals surface area contributed by atoms with Gasteiger partial charge in [0.15, 0.2) is 12.6 Å². The minimum atomic E-state index is -1.78. The molecule has 2 fully saturated rings. The number of hydrogen-bond acceptors (Lipinski definition) is 13. The predicted molar refractivity (Wildman–Crippen MR) is 245 cm³/mol. The zero-order valence-electron chi connectivity index (χ0n) is 39.6. The summed E-state index contributed by atoms with van der Waals surface area (Å²) >= 11 is 0. The van der Waals surface area contributed by atoms with Crippen LogP contribution in [0.5, 0.6) is 0 Å². The Labute approximate surface area is 381 Å². The second-order valence-corrected chi connectivity index (χ2v) is 18.7. The van der Waals surface area contributed by atoms with Crippen LogP contribution >= 0.6 is 0 Å². The molecule has 2 saturated heterocycles. The molecule has 9 N–H and O–H groups in total. The molecule has 14 nitrogen and oxygen atoms in total. The van der Waals surface area contributed by atoms with Gasteiger partial charge in [-0.05, 0) is 12.8 Å². The Morgan fingerprint density at radius 3 is 1.35 bits per heavy atom. The molecule has 0 aromatic rings. The second-order valence-electron chi connectivity index (χ2n) is 18.7. The van der Waals surface area contributed by atoms with E-state index in [9.17, 15) is 45.6 Å². The summed E-state index contributed by atoms with van der Waals surface area (Å²) in [6, 6.07) is -0.820. The first kappa shape index (κ1) is 58.1. The average molecular weight is 906 g/mol. The molecule has 63 heavy (non-hydrogen) atoms. The van der Waals surface area contributed by atoms with Gasteiger partial charge in [-0.1, -0.05) is 194 Å². The van der Waals surface area contributed by atoms with Crippen molar-refractivity contribution >= 4 is 5.91 Å². The maximum atomic E-state index is 13.2. The Balaban J connectivity index is 1.83. The molecule has 2 heterocycles. The van der Waals surface area contributed by atoms with E-state index in [-0.39, 0.29) is 12.5 Å². The van der Waals surface area contributed by atoms with Gasteiger partial charge in [0.25, 0.3) is 0 Å². The van der Waals surface area contributed by atoms with Crippen LogP contribution < -0.4 is 5.32 Å². The van der Waals surface area contributed by atoms with Crippen LogP contribution in [0.15, 0.2) is 0 Å². The van der Waals surface area contributed by atoms with Gasteiger partial charge in [0.05, 0.1) is 32.0 Å². The third-order valence-corrected chi connectivity index (χ3v) is 13.1. The highest BCUT2D eigenvalue weighted by Gasteiger charge is 2.51. The number of rotatable bonds is 40. The van der Waals surface area contributed by atoms with Gasteiger partial charge in [-0.15, -0.1) is 0 Å². The molecule has 14 heteroatoms. The van der Waals surface area contributed by atoms with Crippen LogP contribution in [0, 0.1) is 0 Å². The molecule has 0 saturated carbocycles. The Bertz CT molecular complexity index is 1070. The number of aliphatic hydroxyl groups excluding tert-OH is 8. The van der Waals surface area contributed by atoms with Crippen molar-refractivity contribution in [3.8, 4) is 0 Å². The average Bonchev–Trinajstić information content (AvgIpc) is 3.28. The fraction of sp³-hybridized carbons (Fsp3) is 0.980. The minimum absolute atomic E-state index is 0.204. The highest BCUT2D eigenvalue weighted by molar-refractivity contribution is 5.76. The van der Waals surface area contributed by atoms with Gasteiger partial charge in [-0.3, -0.25) is 4.79 Å². The number of carbonyl (C=O) groups excluding carboxylic acids is 1. The van der Waals surface area contributed by atoms with Gasteiger partial charge in [0, 0.05) is 6.42 Å². The van der Waals surface area contributed by atoms with Crippen molar-refractivity contribution in [1.82, 2.24) is 5.32 Å². The van der Waals surface area contributed by atoms with E-state index in [1.165, 1.54) is 135 Å². The van der Waals surface area contributed by atoms with Crippen LogP contribution in [0.2, 0.25) is 0 Å². The first-order chi connectivity index (χ1) is 30.6. The molecule has 2 rings (SSSR count). The Morgan fingerprint density at radius 2 is 0.905 bits per heavy atom. The zero-order valence-corrected chi connectivity index (χ0v) is 39.6. The van der Waals surface area contributed by atoms with Crippen LogP contribution in [-0.4, -0.2) is 140 Å². The number of carbonyl (C=O) groups is 1. The van der Waals surface area contributed by atoms with E-state index in [0.717, 1.165) is 51.4 Å². The van der Waals surface area contributed by atoms with Crippen LogP contribution in [0.1, 0.15) is 213 Å². The predicted octanol–water partition coefficient (Wildman–Crippen LogP) is 6.61. The number of nitrogens with one attached hydrogen (secondary N) is 1. The molecule has 0 bridgehead atoms. The topological polar surface area (TPSA) is 228 Å². The van der Waals surface area contributed by atoms with Crippen LogP contribution in [0.4, 0.5) is 0 Å². The molecule has 1 amide bonds. The quantitative estimate of drug-likeness (QED) is 0.0296. The minimum Gasteiger partial charge on any atom is -0.394 e. The lowest BCUT2D eigenvalue weighted by molar-refractivity contribution is -0.359. The van der Waals surface area contributed by atoms with Crippen LogP contribution in [0.3, 0.4) is 0 Å². The van der Waals surface area contributed by atoms with Crippen molar-refractivity contribution < 1.29 is 64.6 Å². The van der Waals surface area contributed by atoms with Crippen molar-refractivity contribution in [2.75, 3.05) is 19.8 Å². The molecule has 0 aromatic carbocycles. The van der Waals surface area contributed by atoms with Crippen molar-refractivity contribution in [2.24, 2.45) is 0 Å². The number of ether oxygens (including phenoxy) is 4. The van der Waals surface area contributed by atoms with Gasteiger partial charge in [-0.2, -0.15) is 0 Å². The van der Waals surface area contributed by atoms with Gasteiger partial charge < -0.3 is 65.1 Å². The van der Waals surface area contributed by atoms with E-state index in [2.05, 4.69) is 19.2 Å². The number of hydrogen-bond donors (Lipinski definition) is 9. The summed E-state index contributed by atoms with van der Waals surface area (Å²) in [4.78, 5) is 13.2. The monoisotopic (exact) mass is 906 g/mol. The first-order valence-electron chi connectivity index (χ1n) is 25.8. The summed E-state index contributed by atoms with van der Waals surface area (Å²) in [6.07, 6.45) is 19.5. The largest absolute Gasteiger partial charge is 0.394 e. The van der Waals surface area contributed by atoms with Crippen molar-refractivity contribution in [3.63, 3.8) is 0 Å². The molecular formula is C49H95NO13. The molecule has 0 aromatic heterocycles. The molecule has 2 aliphatic rings. The van der Waals surface area contributed by atoms with Crippen LogP contribution in [0.25, 0.3) is 0 Å². The normalized spacial score (nSPS) is 27.4. The summed E-state index contributed by atoms with van der Waals surface area (Å²) < 4.78 is 22.7. The SMILES string of the molecule is CCCCCCCCCCCCCCCCCC(O)C(COC1OC(CO)C(OC2OC(CO)C(O)C(O)C2O)C(O)C1O)NC(=O)CCCCCCCCCCCCCCCC. The zero-order chi connectivity index (χ0) is 46.1. The van der Waals surface area contributed by atoms with Gasteiger partial charge in [0.1, 0.15) is 48.8 Å². The maximum Gasteiger partial charge on any atom is 0.220 e. The lowest BCUT2D eigenvalue weighted by Crippen LogP contribution is -2.65. The lowest BCUT2D eigenvalue weighted by Gasteiger charge is -2.46. The molecule has 0 aliphatic carbocycles. The van der Waals surface area contributed by atoms with E-state index in [0.29, 0.717) is 12.8 Å². The summed E-state index contributed by atoms with van der Waals surface area (Å²) in [5.41, 5.74) is 0. The maximum absolute atomic E-state index is 13.2. The number of unbranched alkanes of at least 4 members (excludes halogenated alkanes) is 27. The number of amides is 1. The summed E-state index contributed by atoms with van der Waals surface area (Å²) in [5.74, 6) is -0.204. The van der Waals surface area contributed by atoms with Gasteiger partial charge >= 0.3 is 0 Å². The lowest BCUT2D eigenvalue weighted by atomic mass is 9.97. The molecule has 12 atom stereocenters. The fourth-order valence-electron chi connectivity index (χ4n) is 8.83. The highest BCUT2D eigenvalue weighted by Crippen LogP contribution is 2.30. The van der Waals surface area contributed by atoms with Crippen molar-refractivity contribution in [2.45, 2.75) is 286 Å². The summed E-state index contributed by atoms with van der Waals surface area (Å²) in [5, 5.41) is 86.9. The summed E-state index contributed by atoms with van der Waals surface area (Å²) in [6.45, 7) is 2.86. The van der Waals surface area contributed by atoms with E-state index < -0.39 is 86.8 Å². The Morgan fingerprint density at radius 1 is 0.508 bits per heavy atom. The second kappa shape index (κ2) is 37.0. The number of aliphatic hydroxyl groups is 8. The van der Waals surface area contributed by atoms with Crippen molar-refractivity contribution in [3.05, 3.63) is 0 Å². The molecular weight excluding hydrogens is 811 g/mol. The Hall–Kier alpha value is -1.01.